The summed E-state index contributed by atoms with van der Waals surface area (Å²) in [4.78, 5) is 25.9. The van der Waals surface area contributed by atoms with Gasteiger partial charge in [0, 0.05) is 23.1 Å². The van der Waals surface area contributed by atoms with Crippen LogP contribution in [0.25, 0.3) is 22.0 Å². The van der Waals surface area contributed by atoms with Crippen molar-refractivity contribution in [3.05, 3.63) is 69.4 Å². The van der Waals surface area contributed by atoms with Gasteiger partial charge >= 0.3 is 0 Å². The molecular weight excluding hydrogens is 304 g/mol. The summed E-state index contributed by atoms with van der Waals surface area (Å²) in [5.74, 6) is 0. The van der Waals surface area contributed by atoms with Crippen LogP contribution in [0.5, 0.6) is 0 Å². The van der Waals surface area contributed by atoms with E-state index in [0.29, 0.717) is 28.5 Å². The molecule has 0 radical (unpaired) electrons. The lowest BCUT2D eigenvalue weighted by Gasteiger charge is -2.09. The number of rotatable bonds is 3. The van der Waals surface area contributed by atoms with Crippen LogP contribution >= 0.6 is 11.6 Å². The molecule has 0 aliphatic carbocycles. The fourth-order valence-corrected chi connectivity index (χ4v) is 2.58. The first kappa shape index (κ1) is 14.2. The van der Waals surface area contributed by atoms with Crippen LogP contribution in [0.3, 0.4) is 0 Å². The summed E-state index contributed by atoms with van der Waals surface area (Å²) < 4.78 is 0. The number of aldehydes is 1. The van der Waals surface area contributed by atoms with Gasteiger partial charge in [0.05, 0.1) is 16.2 Å². The maximum atomic E-state index is 11.2. The Hall–Kier alpha value is -2.79. The molecule has 0 atom stereocenters. The van der Waals surface area contributed by atoms with Gasteiger partial charge in [-0.3, -0.25) is 14.9 Å². The van der Waals surface area contributed by atoms with Gasteiger partial charge in [0.25, 0.3) is 5.69 Å². The molecule has 3 rings (SSSR count). The molecule has 22 heavy (non-hydrogen) atoms. The molecule has 0 N–H and O–H groups in total. The number of nitro benzene ring substituents is 1. The van der Waals surface area contributed by atoms with Crippen LogP contribution in [0.4, 0.5) is 5.69 Å². The Kier molecular flexibility index (Phi) is 3.56. The molecule has 0 fully saturated rings. The highest BCUT2D eigenvalue weighted by Crippen LogP contribution is 2.33. The highest BCUT2D eigenvalue weighted by Gasteiger charge is 2.15. The molecule has 0 unspecified atom stereocenters. The molecule has 5 nitrogen and oxygen atoms in total. The number of carbonyl (C=O) groups is 1. The Morgan fingerprint density at radius 1 is 1.09 bits per heavy atom. The van der Waals surface area contributed by atoms with Gasteiger partial charge in [-0.05, 0) is 5.39 Å². The Morgan fingerprint density at radius 2 is 1.82 bits per heavy atom. The van der Waals surface area contributed by atoms with E-state index in [1.165, 1.54) is 12.1 Å². The number of aromatic nitrogens is 1. The summed E-state index contributed by atoms with van der Waals surface area (Å²) in [5.41, 5.74) is 1.37. The minimum Gasteiger partial charge on any atom is -0.298 e. The van der Waals surface area contributed by atoms with E-state index >= 15 is 0 Å². The van der Waals surface area contributed by atoms with E-state index in [1.807, 2.05) is 6.07 Å². The van der Waals surface area contributed by atoms with E-state index in [2.05, 4.69) is 4.98 Å². The van der Waals surface area contributed by atoms with E-state index in [1.54, 1.807) is 30.3 Å². The maximum Gasteiger partial charge on any atom is 0.270 e. The number of hydrogen-bond acceptors (Lipinski definition) is 4. The minimum atomic E-state index is -0.465. The van der Waals surface area contributed by atoms with Crippen LogP contribution in [0, 0.1) is 10.1 Å². The molecule has 1 heterocycles. The number of halogens is 1. The zero-order valence-corrected chi connectivity index (χ0v) is 11.9. The number of hydrogen-bond donors (Lipinski definition) is 0. The monoisotopic (exact) mass is 312 g/mol. The number of non-ortho nitro benzene ring substituents is 1. The predicted octanol–water partition coefficient (Wildman–Crippen LogP) is 4.28. The topological polar surface area (TPSA) is 73.1 Å². The summed E-state index contributed by atoms with van der Waals surface area (Å²) in [6, 6.07) is 13.3. The molecule has 0 spiro atoms. The second-order valence-corrected chi connectivity index (χ2v) is 4.99. The standard InChI is InChI=1S/C16H9ClN2O3/c17-16-14(9-20)12-6-1-2-7-13(12)15(18-16)10-4-3-5-11(8-10)19(21)22/h1-9H. The molecule has 0 amide bonds. The summed E-state index contributed by atoms with van der Waals surface area (Å²) >= 11 is 6.08. The lowest BCUT2D eigenvalue weighted by Crippen LogP contribution is -1.95. The number of nitro groups is 1. The van der Waals surface area contributed by atoms with Crippen molar-refractivity contribution in [2.45, 2.75) is 0 Å². The average Bonchev–Trinajstić information content (AvgIpc) is 2.54. The van der Waals surface area contributed by atoms with Crippen LogP contribution in [0.1, 0.15) is 10.4 Å². The molecule has 0 saturated heterocycles. The van der Waals surface area contributed by atoms with Crippen molar-refractivity contribution in [2.24, 2.45) is 0 Å². The van der Waals surface area contributed by atoms with E-state index in [4.69, 9.17) is 11.6 Å². The third-order valence-electron chi connectivity index (χ3n) is 3.35. The molecule has 108 valence electrons. The Bertz CT molecular complexity index is 909. The van der Waals surface area contributed by atoms with Crippen LogP contribution in [0.2, 0.25) is 5.15 Å². The van der Waals surface area contributed by atoms with Gasteiger partial charge in [-0.25, -0.2) is 4.98 Å². The van der Waals surface area contributed by atoms with E-state index in [-0.39, 0.29) is 10.8 Å². The second kappa shape index (κ2) is 5.54. The van der Waals surface area contributed by atoms with Gasteiger partial charge in [-0.2, -0.15) is 0 Å². The van der Waals surface area contributed by atoms with Crippen molar-refractivity contribution in [3.63, 3.8) is 0 Å². The molecule has 0 aliphatic rings. The van der Waals surface area contributed by atoms with Crippen molar-refractivity contribution in [2.75, 3.05) is 0 Å². The molecular formula is C16H9ClN2O3. The fourth-order valence-electron chi connectivity index (χ4n) is 2.35. The van der Waals surface area contributed by atoms with Gasteiger partial charge in [-0.15, -0.1) is 0 Å². The normalized spacial score (nSPS) is 10.6. The Morgan fingerprint density at radius 3 is 2.50 bits per heavy atom. The molecule has 0 saturated carbocycles. The molecule has 0 aliphatic heterocycles. The molecule has 0 bridgehead atoms. The van der Waals surface area contributed by atoms with Gasteiger partial charge < -0.3 is 0 Å². The van der Waals surface area contributed by atoms with Gasteiger partial charge in [0.1, 0.15) is 5.15 Å². The number of carbonyl (C=O) groups excluding carboxylic acids is 1. The lowest BCUT2D eigenvalue weighted by molar-refractivity contribution is -0.384. The number of benzene rings is 2. The van der Waals surface area contributed by atoms with Crippen LogP contribution in [0.15, 0.2) is 48.5 Å². The summed E-state index contributed by atoms with van der Waals surface area (Å²) in [5, 5.41) is 12.4. The first-order valence-electron chi connectivity index (χ1n) is 6.40. The van der Waals surface area contributed by atoms with Crippen LogP contribution in [-0.4, -0.2) is 16.2 Å². The van der Waals surface area contributed by atoms with E-state index < -0.39 is 4.92 Å². The minimum absolute atomic E-state index is 0.0287. The van der Waals surface area contributed by atoms with Crippen molar-refractivity contribution in [3.8, 4) is 11.3 Å². The van der Waals surface area contributed by atoms with Gasteiger partial charge in [0.15, 0.2) is 6.29 Å². The zero-order valence-electron chi connectivity index (χ0n) is 11.2. The zero-order chi connectivity index (χ0) is 15.7. The largest absolute Gasteiger partial charge is 0.298 e. The SMILES string of the molecule is O=Cc1c(Cl)nc(-c2cccc([N+](=O)[O-])c2)c2ccccc12. The summed E-state index contributed by atoms with van der Waals surface area (Å²) in [7, 11) is 0. The summed E-state index contributed by atoms with van der Waals surface area (Å²) in [6.07, 6.45) is 0.662. The first-order chi connectivity index (χ1) is 10.6. The maximum absolute atomic E-state index is 11.2. The number of nitrogens with zero attached hydrogens (tertiary/aromatic N) is 2. The highest BCUT2D eigenvalue weighted by atomic mass is 35.5. The predicted molar refractivity (Wildman–Crippen MR) is 84.2 cm³/mol. The van der Waals surface area contributed by atoms with Crippen LogP contribution in [-0.2, 0) is 0 Å². The smallest absolute Gasteiger partial charge is 0.270 e. The molecule has 1 aromatic heterocycles. The first-order valence-corrected chi connectivity index (χ1v) is 6.78. The molecule has 2 aromatic carbocycles. The van der Waals surface area contributed by atoms with Gasteiger partial charge in [-0.1, -0.05) is 48.0 Å². The average molecular weight is 313 g/mol. The quantitative estimate of drug-likeness (QED) is 0.313. The second-order valence-electron chi connectivity index (χ2n) is 4.64. The van der Waals surface area contributed by atoms with Crippen LogP contribution < -0.4 is 0 Å². The lowest BCUT2D eigenvalue weighted by atomic mass is 10.0. The van der Waals surface area contributed by atoms with Gasteiger partial charge in [0.2, 0.25) is 0 Å². The summed E-state index contributed by atoms with van der Waals surface area (Å²) in [6.45, 7) is 0. The van der Waals surface area contributed by atoms with E-state index in [9.17, 15) is 14.9 Å². The third-order valence-corrected chi connectivity index (χ3v) is 3.64. The third kappa shape index (κ3) is 2.31. The van der Waals surface area contributed by atoms with Crippen molar-refractivity contribution < 1.29 is 9.72 Å². The van der Waals surface area contributed by atoms with Crippen molar-refractivity contribution in [1.29, 1.82) is 0 Å². The Balaban J connectivity index is 2.34. The Labute approximate surface area is 130 Å². The van der Waals surface area contributed by atoms with Crippen molar-refractivity contribution in [1.82, 2.24) is 4.98 Å². The molecule has 6 heteroatoms. The highest BCUT2D eigenvalue weighted by molar-refractivity contribution is 6.33. The molecule has 3 aromatic rings. The number of pyridine rings is 1. The number of fused-ring (bicyclic) bond motifs is 1. The fraction of sp³-hybridized carbons (Fsp3) is 0. The van der Waals surface area contributed by atoms with E-state index in [0.717, 1.165) is 5.39 Å². The van der Waals surface area contributed by atoms with Crippen molar-refractivity contribution >= 4 is 34.3 Å².